The molecule has 1 aliphatic heterocycles. The highest BCUT2D eigenvalue weighted by molar-refractivity contribution is 9.10. The molecule has 2 nitrogen and oxygen atoms in total. The summed E-state index contributed by atoms with van der Waals surface area (Å²) in [5.41, 5.74) is 1.10. The number of ether oxygens (including phenoxy) is 1. The van der Waals surface area contributed by atoms with E-state index in [4.69, 9.17) is 17.0 Å². The minimum Gasteiger partial charge on any atom is -0.372 e. The normalized spacial score (nSPS) is 24.8. The van der Waals surface area contributed by atoms with Gasteiger partial charge in [-0.2, -0.15) is 0 Å². The fraction of sp³-hybridized carbons (Fsp3) is 0.462. The number of benzene rings is 1. The highest BCUT2D eigenvalue weighted by atomic mass is 79.9. The number of rotatable bonds is 1. The zero-order valence-electron chi connectivity index (χ0n) is 10.0. The zero-order valence-corrected chi connectivity index (χ0v) is 12.4. The van der Waals surface area contributed by atoms with E-state index in [1.807, 2.05) is 12.1 Å². The fourth-order valence-corrected chi connectivity index (χ4v) is 2.67. The van der Waals surface area contributed by atoms with Crippen molar-refractivity contribution in [3.8, 4) is 0 Å². The van der Waals surface area contributed by atoms with Crippen molar-refractivity contribution in [2.24, 2.45) is 0 Å². The molecule has 0 spiro atoms. The van der Waals surface area contributed by atoms with Crippen molar-refractivity contribution in [2.75, 3.05) is 13.1 Å². The molecule has 4 heteroatoms. The molecule has 0 bridgehead atoms. The first-order valence-electron chi connectivity index (χ1n) is 5.76. The Morgan fingerprint density at radius 1 is 1.24 bits per heavy atom. The molecule has 2 atom stereocenters. The van der Waals surface area contributed by atoms with Crippen LogP contribution in [-0.4, -0.2) is 35.2 Å². The SMILES string of the molecule is CC1CN(C(=S)c2ccc(Br)cc2)CC(C)O1. The van der Waals surface area contributed by atoms with E-state index >= 15 is 0 Å². The van der Waals surface area contributed by atoms with Gasteiger partial charge < -0.3 is 9.64 Å². The maximum atomic E-state index is 5.71. The van der Waals surface area contributed by atoms with E-state index in [1.54, 1.807) is 0 Å². The third kappa shape index (κ3) is 3.27. The standard InChI is InChI=1S/C13H16BrNOS/c1-9-7-15(8-10(2)16-9)13(17)11-3-5-12(14)6-4-11/h3-6,9-10H,7-8H2,1-2H3. The molecule has 1 heterocycles. The van der Waals surface area contributed by atoms with Crippen LogP contribution in [0.5, 0.6) is 0 Å². The van der Waals surface area contributed by atoms with Gasteiger partial charge in [-0.1, -0.05) is 40.3 Å². The highest BCUT2D eigenvalue weighted by Crippen LogP contribution is 2.17. The maximum Gasteiger partial charge on any atom is 0.109 e. The molecule has 0 radical (unpaired) electrons. The number of hydrogen-bond donors (Lipinski definition) is 0. The van der Waals surface area contributed by atoms with Gasteiger partial charge in [0.25, 0.3) is 0 Å². The van der Waals surface area contributed by atoms with Gasteiger partial charge in [-0.3, -0.25) is 0 Å². The summed E-state index contributed by atoms with van der Waals surface area (Å²) in [6.45, 7) is 5.93. The van der Waals surface area contributed by atoms with Gasteiger partial charge in [0.1, 0.15) is 4.99 Å². The monoisotopic (exact) mass is 313 g/mol. The Kier molecular flexibility index (Phi) is 4.17. The molecule has 1 fully saturated rings. The summed E-state index contributed by atoms with van der Waals surface area (Å²) in [4.78, 5) is 3.15. The van der Waals surface area contributed by atoms with Crippen molar-refractivity contribution < 1.29 is 4.74 Å². The first-order chi connectivity index (χ1) is 8.06. The topological polar surface area (TPSA) is 12.5 Å². The fourth-order valence-electron chi connectivity index (χ4n) is 2.12. The van der Waals surface area contributed by atoms with Crippen LogP contribution in [0.4, 0.5) is 0 Å². The lowest BCUT2D eigenvalue weighted by atomic mass is 10.1. The van der Waals surface area contributed by atoms with Crippen molar-refractivity contribution in [2.45, 2.75) is 26.1 Å². The Balaban J connectivity index is 2.11. The van der Waals surface area contributed by atoms with Gasteiger partial charge >= 0.3 is 0 Å². The predicted octanol–water partition coefficient (Wildman–Crippen LogP) is 3.23. The Morgan fingerprint density at radius 3 is 2.29 bits per heavy atom. The average molecular weight is 314 g/mol. The molecule has 0 saturated carbocycles. The van der Waals surface area contributed by atoms with Crippen LogP contribution in [0.2, 0.25) is 0 Å². The smallest absolute Gasteiger partial charge is 0.109 e. The van der Waals surface area contributed by atoms with E-state index in [2.05, 4.69) is 46.8 Å². The van der Waals surface area contributed by atoms with Crippen LogP contribution in [0.25, 0.3) is 0 Å². The van der Waals surface area contributed by atoms with Gasteiger partial charge in [0, 0.05) is 23.1 Å². The van der Waals surface area contributed by atoms with Crippen molar-refractivity contribution in [1.82, 2.24) is 4.90 Å². The molecule has 0 aromatic heterocycles. The predicted molar refractivity (Wildman–Crippen MR) is 77.4 cm³/mol. The van der Waals surface area contributed by atoms with Crippen LogP contribution in [0, 0.1) is 0 Å². The molecule has 1 aromatic rings. The molecule has 2 unspecified atom stereocenters. The third-order valence-electron chi connectivity index (χ3n) is 2.80. The third-order valence-corrected chi connectivity index (χ3v) is 3.82. The van der Waals surface area contributed by atoms with E-state index in [0.717, 1.165) is 28.1 Å². The Morgan fingerprint density at radius 2 is 1.76 bits per heavy atom. The lowest BCUT2D eigenvalue weighted by Crippen LogP contribution is -2.47. The quantitative estimate of drug-likeness (QED) is 0.739. The number of halogens is 1. The van der Waals surface area contributed by atoms with Gasteiger partial charge in [-0.25, -0.2) is 0 Å². The lowest BCUT2D eigenvalue weighted by Gasteiger charge is -2.37. The van der Waals surface area contributed by atoms with Crippen LogP contribution >= 0.6 is 28.1 Å². The van der Waals surface area contributed by atoms with Gasteiger partial charge in [0.05, 0.1) is 12.2 Å². The molecule has 0 amide bonds. The van der Waals surface area contributed by atoms with Crippen LogP contribution in [0.3, 0.4) is 0 Å². The number of hydrogen-bond acceptors (Lipinski definition) is 2. The molecule has 1 aliphatic rings. The molecule has 0 aliphatic carbocycles. The molecule has 0 N–H and O–H groups in total. The molecular weight excluding hydrogens is 298 g/mol. The van der Waals surface area contributed by atoms with Gasteiger partial charge in [-0.15, -0.1) is 0 Å². The number of nitrogens with zero attached hydrogens (tertiary/aromatic N) is 1. The molecule has 17 heavy (non-hydrogen) atoms. The average Bonchev–Trinajstić information content (AvgIpc) is 2.28. The summed E-state index contributed by atoms with van der Waals surface area (Å²) in [6, 6.07) is 8.15. The highest BCUT2D eigenvalue weighted by Gasteiger charge is 2.24. The molecule has 1 saturated heterocycles. The molecule has 2 rings (SSSR count). The lowest BCUT2D eigenvalue weighted by molar-refractivity contribution is -0.0472. The van der Waals surface area contributed by atoms with Gasteiger partial charge in [0.15, 0.2) is 0 Å². The van der Waals surface area contributed by atoms with Gasteiger partial charge in [-0.05, 0) is 26.0 Å². The first-order valence-corrected chi connectivity index (χ1v) is 6.96. The van der Waals surface area contributed by atoms with Crippen LogP contribution < -0.4 is 0 Å². The molecular formula is C13H16BrNOS. The van der Waals surface area contributed by atoms with Crippen LogP contribution in [0.1, 0.15) is 19.4 Å². The Labute approximate surface area is 116 Å². The number of morpholine rings is 1. The summed E-state index contributed by atoms with van der Waals surface area (Å²) in [7, 11) is 0. The molecule has 1 aromatic carbocycles. The minimum absolute atomic E-state index is 0.243. The second kappa shape index (κ2) is 5.46. The van der Waals surface area contributed by atoms with Crippen LogP contribution in [-0.2, 0) is 4.74 Å². The second-order valence-corrected chi connectivity index (χ2v) is 5.78. The van der Waals surface area contributed by atoms with Crippen molar-refractivity contribution in [3.05, 3.63) is 34.3 Å². The van der Waals surface area contributed by atoms with Crippen molar-refractivity contribution in [1.29, 1.82) is 0 Å². The summed E-state index contributed by atoms with van der Waals surface area (Å²) in [6.07, 6.45) is 0.485. The van der Waals surface area contributed by atoms with Gasteiger partial charge in [0.2, 0.25) is 0 Å². The van der Waals surface area contributed by atoms with Crippen molar-refractivity contribution >= 4 is 33.1 Å². The first kappa shape index (κ1) is 13.0. The molecule has 92 valence electrons. The van der Waals surface area contributed by atoms with E-state index in [9.17, 15) is 0 Å². The zero-order chi connectivity index (χ0) is 12.4. The summed E-state index contributed by atoms with van der Waals surface area (Å²) < 4.78 is 6.79. The minimum atomic E-state index is 0.243. The summed E-state index contributed by atoms with van der Waals surface area (Å²) in [5, 5.41) is 0. The van der Waals surface area contributed by atoms with E-state index in [1.165, 1.54) is 0 Å². The second-order valence-electron chi connectivity index (χ2n) is 4.47. The van der Waals surface area contributed by atoms with E-state index < -0.39 is 0 Å². The Bertz CT molecular complexity index is 396. The summed E-state index contributed by atoms with van der Waals surface area (Å²) in [5.74, 6) is 0. The van der Waals surface area contributed by atoms with E-state index in [-0.39, 0.29) is 12.2 Å². The maximum absolute atomic E-state index is 5.71. The Hall–Kier alpha value is -0.450. The van der Waals surface area contributed by atoms with Crippen molar-refractivity contribution in [3.63, 3.8) is 0 Å². The summed E-state index contributed by atoms with van der Waals surface area (Å²) >= 11 is 8.98. The van der Waals surface area contributed by atoms with E-state index in [0.29, 0.717) is 0 Å². The number of thiocarbonyl (C=S) groups is 1. The largest absolute Gasteiger partial charge is 0.372 e. The van der Waals surface area contributed by atoms with Crippen LogP contribution in [0.15, 0.2) is 28.7 Å².